The minimum atomic E-state index is -0.530. The van der Waals surface area contributed by atoms with Crippen molar-refractivity contribution in [2.45, 2.75) is 26.8 Å². The molecule has 0 fully saturated rings. The number of halogens is 1. The van der Waals surface area contributed by atoms with E-state index in [9.17, 15) is 9.59 Å². The van der Waals surface area contributed by atoms with E-state index in [2.05, 4.69) is 10.6 Å². The van der Waals surface area contributed by atoms with Crippen LogP contribution < -0.4 is 15.4 Å². The van der Waals surface area contributed by atoms with Gasteiger partial charge in [0.2, 0.25) is 11.8 Å². The summed E-state index contributed by atoms with van der Waals surface area (Å²) >= 11 is 5.77. The molecule has 0 radical (unpaired) electrons. The van der Waals surface area contributed by atoms with Crippen molar-refractivity contribution in [2.75, 3.05) is 13.2 Å². The van der Waals surface area contributed by atoms with Gasteiger partial charge in [0, 0.05) is 11.9 Å². The topological polar surface area (TPSA) is 67.4 Å². The standard InChI is InChI=1S/C15H21ClN2O3/c1-10(2)14(18-11(3)19)15(20)17-8-9-21-13-6-4-12(16)5-7-13/h4-7,10,14H,8-9H2,1-3H3,(H,17,20)(H,18,19). The summed E-state index contributed by atoms with van der Waals surface area (Å²) in [7, 11) is 0. The zero-order chi connectivity index (χ0) is 15.8. The zero-order valence-corrected chi connectivity index (χ0v) is 13.2. The van der Waals surface area contributed by atoms with Crippen LogP contribution in [0.4, 0.5) is 0 Å². The van der Waals surface area contributed by atoms with Crippen LogP contribution in [0.25, 0.3) is 0 Å². The third-order valence-electron chi connectivity index (χ3n) is 2.79. The molecule has 2 amide bonds. The minimum absolute atomic E-state index is 0.0195. The third-order valence-corrected chi connectivity index (χ3v) is 3.04. The van der Waals surface area contributed by atoms with Crippen molar-refractivity contribution in [1.82, 2.24) is 10.6 Å². The summed E-state index contributed by atoms with van der Waals surface area (Å²) < 4.78 is 5.47. The number of nitrogens with one attached hydrogen (secondary N) is 2. The minimum Gasteiger partial charge on any atom is -0.492 e. The van der Waals surface area contributed by atoms with E-state index >= 15 is 0 Å². The van der Waals surface area contributed by atoms with Crippen molar-refractivity contribution in [1.29, 1.82) is 0 Å². The molecule has 0 aliphatic heterocycles. The lowest BCUT2D eigenvalue weighted by Crippen LogP contribution is -2.49. The maximum atomic E-state index is 12.0. The molecule has 1 unspecified atom stereocenters. The average molecular weight is 313 g/mol. The van der Waals surface area contributed by atoms with Crippen molar-refractivity contribution < 1.29 is 14.3 Å². The fourth-order valence-corrected chi connectivity index (χ4v) is 1.86. The molecule has 5 nitrogen and oxygen atoms in total. The van der Waals surface area contributed by atoms with E-state index in [0.717, 1.165) is 0 Å². The number of hydrogen-bond acceptors (Lipinski definition) is 3. The van der Waals surface area contributed by atoms with Gasteiger partial charge in [0.15, 0.2) is 0 Å². The molecule has 116 valence electrons. The average Bonchev–Trinajstić information content (AvgIpc) is 2.42. The van der Waals surface area contributed by atoms with E-state index in [1.165, 1.54) is 6.92 Å². The molecule has 21 heavy (non-hydrogen) atoms. The number of amides is 2. The highest BCUT2D eigenvalue weighted by Gasteiger charge is 2.22. The maximum Gasteiger partial charge on any atom is 0.242 e. The number of benzene rings is 1. The van der Waals surface area contributed by atoms with E-state index in [1.54, 1.807) is 24.3 Å². The van der Waals surface area contributed by atoms with Crippen LogP contribution in [0.2, 0.25) is 5.02 Å². The number of ether oxygens (including phenoxy) is 1. The first-order valence-electron chi connectivity index (χ1n) is 6.83. The van der Waals surface area contributed by atoms with Gasteiger partial charge in [-0.15, -0.1) is 0 Å². The van der Waals surface area contributed by atoms with Crippen molar-refractivity contribution in [2.24, 2.45) is 5.92 Å². The first-order chi connectivity index (χ1) is 9.90. The van der Waals surface area contributed by atoms with Crippen LogP contribution in [0, 0.1) is 5.92 Å². The van der Waals surface area contributed by atoms with E-state index in [1.807, 2.05) is 13.8 Å². The first-order valence-corrected chi connectivity index (χ1v) is 7.21. The SMILES string of the molecule is CC(=O)NC(C(=O)NCCOc1ccc(Cl)cc1)C(C)C. The molecule has 0 spiro atoms. The van der Waals surface area contributed by atoms with Gasteiger partial charge in [-0.3, -0.25) is 9.59 Å². The van der Waals surface area contributed by atoms with Crippen molar-refractivity contribution in [3.8, 4) is 5.75 Å². The van der Waals surface area contributed by atoms with Crippen LogP contribution in [0.5, 0.6) is 5.75 Å². The van der Waals surface area contributed by atoms with Gasteiger partial charge < -0.3 is 15.4 Å². The smallest absolute Gasteiger partial charge is 0.242 e. The fourth-order valence-electron chi connectivity index (χ4n) is 1.74. The second-order valence-electron chi connectivity index (χ2n) is 5.02. The Morgan fingerprint density at radius 1 is 1.24 bits per heavy atom. The monoisotopic (exact) mass is 312 g/mol. The van der Waals surface area contributed by atoms with Gasteiger partial charge in [0.25, 0.3) is 0 Å². The summed E-state index contributed by atoms with van der Waals surface area (Å²) in [5.41, 5.74) is 0. The van der Waals surface area contributed by atoms with Crippen LogP contribution in [0.3, 0.4) is 0 Å². The lowest BCUT2D eigenvalue weighted by Gasteiger charge is -2.20. The summed E-state index contributed by atoms with van der Waals surface area (Å²) in [4.78, 5) is 23.1. The van der Waals surface area contributed by atoms with Crippen molar-refractivity contribution in [3.63, 3.8) is 0 Å². The fraction of sp³-hybridized carbons (Fsp3) is 0.467. The Labute approximate surface area is 130 Å². The molecule has 0 aromatic heterocycles. The molecular formula is C15H21ClN2O3. The van der Waals surface area contributed by atoms with E-state index in [4.69, 9.17) is 16.3 Å². The molecule has 1 aromatic rings. The van der Waals surface area contributed by atoms with Crippen LogP contribution in [0.1, 0.15) is 20.8 Å². The Balaban J connectivity index is 2.34. The summed E-state index contributed by atoms with van der Waals surface area (Å²) in [5, 5.41) is 6.03. The highest BCUT2D eigenvalue weighted by molar-refractivity contribution is 6.30. The van der Waals surface area contributed by atoms with Crippen molar-refractivity contribution >= 4 is 23.4 Å². The van der Waals surface area contributed by atoms with E-state index in [-0.39, 0.29) is 17.7 Å². The maximum absolute atomic E-state index is 12.0. The molecule has 0 heterocycles. The highest BCUT2D eigenvalue weighted by atomic mass is 35.5. The number of carbonyl (C=O) groups excluding carboxylic acids is 2. The Hall–Kier alpha value is -1.75. The molecule has 1 aromatic carbocycles. The van der Waals surface area contributed by atoms with Gasteiger partial charge >= 0.3 is 0 Å². The van der Waals surface area contributed by atoms with Gasteiger partial charge in [0.1, 0.15) is 18.4 Å². The van der Waals surface area contributed by atoms with Crippen molar-refractivity contribution in [3.05, 3.63) is 29.3 Å². The van der Waals surface area contributed by atoms with E-state index in [0.29, 0.717) is 23.9 Å². The summed E-state index contributed by atoms with van der Waals surface area (Å²) in [6.07, 6.45) is 0. The Kier molecular flexibility index (Phi) is 7.02. The summed E-state index contributed by atoms with van der Waals surface area (Å²) in [6, 6.07) is 6.47. The molecule has 0 aliphatic carbocycles. The molecular weight excluding hydrogens is 292 g/mol. The molecule has 0 saturated heterocycles. The largest absolute Gasteiger partial charge is 0.492 e. The number of carbonyl (C=O) groups is 2. The molecule has 1 atom stereocenters. The Morgan fingerprint density at radius 3 is 2.38 bits per heavy atom. The van der Waals surface area contributed by atoms with Gasteiger partial charge in [0.05, 0.1) is 6.54 Å². The lowest BCUT2D eigenvalue weighted by molar-refractivity contribution is -0.129. The van der Waals surface area contributed by atoms with Gasteiger partial charge in [-0.2, -0.15) is 0 Å². The van der Waals surface area contributed by atoms with Gasteiger partial charge in [-0.25, -0.2) is 0 Å². The Bertz CT molecular complexity index is 474. The van der Waals surface area contributed by atoms with Crippen LogP contribution >= 0.6 is 11.6 Å². The van der Waals surface area contributed by atoms with Crippen LogP contribution in [-0.4, -0.2) is 31.0 Å². The van der Waals surface area contributed by atoms with Gasteiger partial charge in [-0.05, 0) is 30.2 Å². The molecule has 0 aliphatic rings. The van der Waals surface area contributed by atoms with E-state index < -0.39 is 6.04 Å². The normalized spacial score (nSPS) is 11.9. The molecule has 2 N–H and O–H groups in total. The number of hydrogen-bond donors (Lipinski definition) is 2. The number of rotatable bonds is 7. The molecule has 1 rings (SSSR count). The predicted molar refractivity (Wildman–Crippen MR) is 82.4 cm³/mol. The zero-order valence-electron chi connectivity index (χ0n) is 12.5. The Morgan fingerprint density at radius 2 is 1.86 bits per heavy atom. The second kappa shape index (κ2) is 8.52. The molecule has 0 bridgehead atoms. The van der Waals surface area contributed by atoms with Crippen LogP contribution in [0.15, 0.2) is 24.3 Å². The second-order valence-corrected chi connectivity index (χ2v) is 5.45. The summed E-state index contributed by atoms with van der Waals surface area (Å²) in [5.74, 6) is 0.281. The van der Waals surface area contributed by atoms with Crippen LogP contribution in [-0.2, 0) is 9.59 Å². The quantitative estimate of drug-likeness (QED) is 0.757. The molecule has 6 heteroatoms. The summed E-state index contributed by atoms with van der Waals surface area (Å²) in [6.45, 7) is 5.86. The third kappa shape index (κ3) is 6.49. The first kappa shape index (κ1) is 17.3. The predicted octanol–water partition coefficient (Wildman–Crippen LogP) is 2.00. The highest BCUT2D eigenvalue weighted by Crippen LogP contribution is 2.15. The molecule has 0 saturated carbocycles. The lowest BCUT2D eigenvalue weighted by atomic mass is 10.0. The van der Waals surface area contributed by atoms with Gasteiger partial charge in [-0.1, -0.05) is 25.4 Å².